The van der Waals surface area contributed by atoms with Gasteiger partial charge in [-0.25, -0.2) is 5.43 Å². The number of allylic oxidation sites excluding steroid dienone is 1. The lowest BCUT2D eigenvalue weighted by Gasteiger charge is -2.13. The lowest BCUT2D eigenvalue weighted by Crippen LogP contribution is -2.34. The van der Waals surface area contributed by atoms with Crippen LogP contribution in [0.4, 0.5) is 5.69 Å². The molecule has 27 heavy (non-hydrogen) atoms. The average Bonchev–Trinajstić information content (AvgIpc) is 2.64. The van der Waals surface area contributed by atoms with E-state index >= 15 is 0 Å². The van der Waals surface area contributed by atoms with Crippen molar-refractivity contribution in [1.82, 2.24) is 5.43 Å². The van der Waals surface area contributed by atoms with Crippen molar-refractivity contribution in [3.63, 3.8) is 0 Å². The van der Waals surface area contributed by atoms with Crippen LogP contribution in [0.3, 0.4) is 0 Å². The number of hydrogen-bond donors (Lipinski definition) is 2. The third-order valence-corrected chi connectivity index (χ3v) is 4.59. The van der Waals surface area contributed by atoms with E-state index in [0.29, 0.717) is 5.92 Å². The Balaban J connectivity index is 1.87. The Morgan fingerprint density at radius 1 is 1.04 bits per heavy atom. The summed E-state index contributed by atoms with van der Waals surface area (Å²) in [7, 11) is 0. The molecule has 0 fully saturated rings. The largest absolute Gasteiger partial charge is 0.374 e. The second-order valence-electron chi connectivity index (χ2n) is 6.82. The maximum Gasteiger partial charge on any atom is 0.262 e. The number of benzene rings is 2. The van der Waals surface area contributed by atoms with Crippen LogP contribution in [0.1, 0.15) is 44.7 Å². The second kappa shape index (κ2) is 10.1. The number of hydrogen-bond acceptors (Lipinski definition) is 3. The van der Waals surface area contributed by atoms with Crippen LogP contribution in [0.15, 0.2) is 63.7 Å². The number of carbonyl (C=O) groups excluding carboxylic acids is 1. The molecule has 0 saturated heterocycles. The SMILES string of the molecule is C/C(C=NNC(=O)[C@H](C)Nc1ccc(Br)cc1)=C/c1ccc(C(C)C)cc1. The Bertz CT molecular complexity index is 808. The first-order valence-corrected chi connectivity index (χ1v) is 9.77. The van der Waals surface area contributed by atoms with Gasteiger partial charge in [0.05, 0.1) is 6.21 Å². The van der Waals surface area contributed by atoms with E-state index in [9.17, 15) is 4.79 Å². The smallest absolute Gasteiger partial charge is 0.262 e. The number of hydrazone groups is 1. The molecular weight excluding hydrogens is 402 g/mol. The molecule has 5 heteroatoms. The van der Waals surface area contributed by atoms with Crippen molar-refractivity contribution >= 4 is 39.8 Å². The van der Waals surface area contributed by atoms with Gasteiger partial charge in [-0.2, -0.15) is 5.10 Å². The number of halogens is 1. The van der Waals surface area contributed by atoms with Gasteiger partial charge in [0.15, 0.2) is 0 Å². The maximum absolute atomic E-state index is 12.1. The molecule has 0 aliphatic rings. The topological polar surface area (TPSA) is 53.5 Å². The van der Waals surface area contributed by atoms with E-state index in [1.807, 2.05) is 37.3 Å². The van der Waals surface area contributed by atoms with E-state index < -0.39 is 6.04 Å². The summed E-state index contributed by atoms with van der Waals surface area (Å²) in [5.74, 6) is 0.331. The summed E-state index contributed by atoms with van der Waals surface area (Å²) in [6.07, 6.45) is 3.68. The van der Waals surface area contributed by atoms with Gasteiger partial charge in [0, 0.05) is 10.2 Å². The molecular formula is C22H26BrN3O. The third-order valence-electron chi connectivity index (χ3n) is 4.06. The fourth-order valence-corrected chi connectivity index (χ4v) is 2.70. The van der Waals surface area contributed by atoms with Gasteiger partial charge in [-0.05, 0) is 60.7 Å². The van der Waals surface area contributed by atoms with Gasteiger partial charge in [0.25, 0.3) is 5.91 Å². The molecule has 1 atom stereocenters. The van der Waals surface area contributed by atoms with Crippen LogP contribution in [-0.4, -0.2) is 18.2 Å². The first kappa shape index (κ1) is 20.9. The summed E-state index contributed by atoms with van der Waals surface area (Å²) in [6.45, 7) is 8.11. The molecule has 0 spiro atoms. The molecule has 2 aromatic rings. The quantitative estimate of drug-likeness (QED) is 0.447. The minimum Gasteiger partial charge on any atom is -0.374 e. The van der Waals surface area contributed by atoms with Crippen LogP contribution in [0.2, 0.25) is 0 Å². The molecule has 0 radical (unpaired) electrons. The lowest BCUT2D eigenvalue weighted by molar-refractivity contribution is -0.121. The molecule has 2 aromatic carbocycles. The first-order valence-electron chi connectivity index (χ1n) is 8.98. The minimum absolute atomic E-state index is 0.191. The van der Waals surface area contributed by atoms with Crippen molar-refractivity contribution in [2.75, 3.05) is 5.32 Å². The Kier molecular flexibility index (Phi) is 7.80. The van der Waals surface area contributed by atoms with E-state index in [4.69, 9.17) is 0 Å². The van der Waals surface area contributed by atoms with E-state index in [-0.39, 0.29) is 5.91 Å². The van der Waals surface area contributed by atoms with Crippen molar-refractivity contribution in [3.05, 3.63) is 69.7 Å². The zero-order valence-corrected chi connectivity index (χ0v) is 17.7. The second-order valence-corrected chi connectivity index (χ2v) is 7.73. The molecule has 0 aliphatic heterocycles. The van der Waals surface area contributed by atoms with Gasteiger partial charge in [-0.3, -0.25) is 4.79 Å². The van der Waals surface area contributed by atoms with Gasteiger partial charge < -0.3 is 5.32 Å². The van der Waals surface area contributed by atoms with Crippen LogP contribution < -0.4 is 10.7 Å². The monoisotopic (exact) mass is 427 g/mol. The lowest BCUT2D eigenvalue weighted by atomic mass is 10.0. The Labute approximate surface area is 169 Å². The van der Waals surface area contributed by atoms with Gasteiger partial charge in [-0.1, -0.05) is 60.1 Å². The number of carbonyl (C=O) groups is 1. The highest BCUT2D eigenvalue weighted by molar-refractivity contribution is 9.10. The van der Waals surface area contributed by atoms with Crippen molar-refractivity contribution in [1.29, 1.82) is 0 Å². The van der Waals surface area contributed by atoms with Crippen LogP contribution >= 0.6 is 15.9 Å². The normalized spacial score (nSPS) is 13.0. The van der Waals surface area contributed by atoms with Gasteiger partial charge in [0.2, 0.25) is 0 Å². The van der Waals surface area contributed by atoms with Gasteiger partial charge in [0.1, 0.15) is 6.04 Å². The molecule has 0 bridgehead atoms. The standard InChI is InChI=1S/C22H26BrN3O/c1-15(2)19-7-5-18(6-8-19)13-16(3)14-24-26-22(27)17(4)25-21-11-9-20(23)10-12-21/h5-15,17,25H,1-4H3,(H,26,27)/b16-13-,24-14?/t17-/m0/s1. The number of anilines is 1. The molecule has 2 rings (SSSR count). The molecule has 2 N–H and O–H groups in total. The zero-order valence-electron chi connectivity index (χ0n) is 16.2. The first-order chi connectivity index (χ1) is 12.8. The highest BCUT2D eigenvalue weighted by Gasteiger charge is 2.11. The third kappa shape index (κ3) is 7.02. The summed E-state index contributed by atoms with van der Waals surface area (Å²) in [4.78, 5) is 12.1. The molecule has 0 saturated carbocycles. The average molecular weight is 428 g/mol. The van der Waals surface area contributed by atoms with Gasteiger partial charge >= 0.3 is 0 Å². The summed E-state index contributed by atoms with van der Waals surface area (Å²) in [5, 5.41) is 7.19. The van der Waals surface area contributed by atoms with E-state index in [1.165, 1.54) is 5.56 Å². The summed E-state index contributed by atoms with van der Waals surface area (Å²) in [5.41, 5.74) is 6.84. The zero-order chi connectivity index (χ0) is 19.8. The molecule has 4 nitrogen and oxygen atoms in total. The molecule has 0 heterocycles. The van der Waals surface area contributed by atoms with E-state index in [1.54, 1.807) is 13.1 Å². The van der Waals surface area contributed by atoms with Crippen molar-refractivity contribution in [2.24, 2.45) is 5.10 Å². The summed E-state index contributed by atoms with van der Waals surface area (Å²) >= 11 is 3.39. The van der Waals surface area contributed by atoms with Crippen molar-refractivity contribution in [2.45, 2.75) is 39.7 Å². The number of nitrogens with zero attached hydrogens (tertiary/aromatic N) is 1. The number of nitrogens with one attached hydrogen (secondary N) is 2. The fourth-order valence-electron chi connectivity index (χ4n) is 2.43. The Hall–Kier alpha value is -2.40. The highest BCUT2D eigenvalue weighted by atomic mass is 79.9. The van der Waals surface area contributed by atoms with Crippen LogP contribution in [-0.2, 0) is 4.79 Å². The number of amides is 1. The Morgan fingerprint density at radius 3 is 2.26 bits per heavy atom. The molecule has 142 valence electrons. The van der Waals surface area contributed by atoms with Crippen LogP contribution in [0.25, 0.3) is 6.08 Å². The molecule has 1 amide bonds. The highest BCUT2D eigenvalue weighted by Crippen LogP contribution is 2.16. The van der Waals surface area contributed by atoms with Crippen molar-refractivity contribution < 1.29 is 4.79 Å². The van der Waals surface area contributed by atoms with Gasteiger partial charge in [-0.15, -0.1) is 0 Å². The Morgan fingerprint density at radius 2 is 1.67 bits per heavy atom. The van der Waals surface area contributed by atoms with Crippen molar-refractivity contribution in [3.8, 4) is 0 Å². The predicted octanol–water partition coefficient (Wildman–Crippen LogP) is 5.58. The number of rotatable bonds is 7. The molecule has 0 aliphatic carbocycles. The van der Waals surface area contributed by atoms with E-state index in [2.05, 4.69) is 69.9 Å². The molecule has 0 aromatic heterocycles. The fraction of sp³-hybridized carbons (Fsp3) is 0.273. The maximum atomic E-state index is 12.1. The van der Waals surface area contributed by atoms with E-state index in [0.717, 1.165) is 21.3 Å². The summed E-state index contributed by atoms with van der Waals surface area (Å²) in [6, 6.07) is 15.7. The predicted molar refractivity (Wildman–Crippen MR) is 118 cm³/mol. The summed E-state index contributed by atoms with van der Waals surface area (Å²) < 4.78 is 0.996. The van der Waals surface area contributed by atoms with Crippen LogP contribution in [0.5, 0.6) is 0 Å². The van der Waals surface area contributed by atoms with Crippen LogP contribution in [0, 0.1) is 0 Å². The molecule has 0 unspecified atom stereocenters. The minimum atomic E-state index is -0.392.